The molecule has 0 aliphatic heterocycles. The van der Waals surface area contributed by atoms with Crippen LogP contribution in [0.25, 0.3) is 0 Å². The van der Waals surface area contributed by atoms with Crippen LogP contribution < -0.4 is 21.1 Å². The summed E-state index contributed by atoms with van der Waals surface area (Å²) in [6, 6.07) is 0. The Morgan fingerprint density at radius 3 is 2.22 bits per heavy atom. The van der Waals surface area contributed by atoms with Gasteiger partial charge in [-0.2, -0.15) is 0 Å². The summed E-state index contributed by atoms with van der Waals surface area (Å²) in [5.41, 5.74) is 0.243. The Hall–Kier alpha value is -1.32. The van der Waals surface area contributed by atoms with Crippen LogP contribution in [0.15, 0.2) is 9.59 Å². The Labute approximate surface area is 109 Å². The van der Waals surface area contributed by atoms with E-state index in [1.54, 1.807) is 19.0 Å². The molecule has 1 aromatic rings. The largest absolute Gasteiger partial charge is 0.380 e. The van der Waals surface area contributed by atoms with E-state index in [-0.39, 0.29) is 10.9 Å². The summed E-state index contributed by atoms with van der Waals surface area (Å²) < 4.78 is 0. The molecule has 18 heavy (non-hydrogen) atoms. The van der Waals surface area contributed by atoms with Crippen molar-refractivity contribution in [3.8, 4) is 0 Å². The Morgan fingerprint density at radius 2 is 1.72 bits per heavy atom. The number of anilines is 2. The number of hydrogen-bond donors (Lipinski definition) is 1. The van der Waals surface area contributed by atoms with E-state index in [2.05, 4.69) is 26.1 Å². The van der Waals surface area contributed by atoms with Crippen LogP contribution in [0.5, 0.6) is 0 Å². The van der Waals surface area contributed by atoms with Crippen molar-refractivity contribution in [1.29, 1.82) is 0 Å². The average molecular weight is 252 g/mol. The van der Waals surface area contributed by atoms with Gasteiger partial charge < -0.3 is 10.2 Å². The molecule has 0 saturated heterocycles. The van der Waals surface area contributed by atoms with Crippen LogP contribution in [0.2, 0.25) is 0 Å². The minimum Gasteiger partial charge on any atom is -0.380 e. The van der Waals surface area contributed by atoms with Crippen LogP contribution in [0.1, 0.15) is 33.6 Å². The predicted octanol–water partition coefficient (Wildman–Crippen LogP) is 1.83. The molecule has 0 aromatic heterocycles. The molecule has 1 aromatic carbocycles. The van der Waals surface area contributed by atoms with Crippen LogP contribution in [-0.4, -0.2) is 20.6 Å². The first-order valence-corrected chi connectivity index (χ1v) is 6.60. The fourth-order valence-electron chi connectivity index (χ4n) is 1.94. The monoisotopic (exact) mass is 252 g/mol. The summed E-state index contributed by atoms with van der Waals surface area (Å²) in [4.78, 5) is 24.5. The van der Waals surface area contributed by atoms with Crippen molar-refractivity contribution in [2.75, 3.05) is 30.9 Å². The first kappa shape index (κ1) is 14.7. The molecule has 1 unspecified atom stereocenters. The molecule has 0 aliphatic rings. The van der Waals surface area contributed by atoms with E-state index >= 15 is 0 Å². The van der Waals surface area contributed by atoms with Gasteiger partial charge in [-0.3, -0.25) is 9.59 Å². The molecule has 0 spiro atoms. The highest BCUT2D eigenvalue weighted by Crippen LogP contribution is 2.19. The second-order valence-corrected chi connectivity index (χ2v) is 5.57. The van der Waals surface area contributed by atoms with E-state index in [9.17, 15) is 9.59 Å². The highest BCUT2D eigenvalue weighted by molar-refractivity contribution is 5.74. The van der Waals surface area contributed by atoms with Crippen LogP contribution in [0.4, 0.5) is 11.4 Å². The predicted molar refractivity (Wildman–Crippen MR) is 77.4 cm³/mol. The van der Waals surface area contributed by atoms with Crippen LogP contribution in [0, 0.1) is 11.8 Å². The summed E-state index contributed by atoms with van der Waals surface area (Å²) in [5.74, 6) is 1.38. The summed E-state index contributed by atoms with van der Waals surface area (Å²) in [5, 5.41) is 3.09. The van der Waals surface area contributed by atoms with E-state index in [4.69, 9.17) is 0 Å². The standard InChI is InChI=1S/C14H24N2O2/c1-9(2)10(3)7-6-8-15-11-12(16(4)5)14(18)13(11)17/h9-10,15H,6-8H2,1-5H3. The van der Waals surface area contributed by atoms with Crippen molar-refractivity contribution >= 4 is 11.4 Å². The van der Waals surface area contributed by atoms with Crippen molar-refractivity contribution in [1.82, 2.24) is 0 Å². The number of nitrogens with zero attached hydrogens (tertiary/aromatic N) is 1. The summed E-state index contributed by atoms with van der Waals surface area (Å²) in [7, 11) is 3.56. The smallest absolute Gasteiger partial charge is 0.253 e. The number of rotatable bonds is 7. The van der Waals surface area contributed by atoms with Crippen molar-refractivity contribution in [3.63, 3.8) is 0 Å². The molecule has 0 radical (unpaired) electrons. The zero-order valence-electron chi connectivity index (χ0n) is 12.0. The van der Waals surface area contributed by atoms with Gasteiger partial charge in [0.05, 0.1) is 0 Å². The van der Waals surface area contributed by atoms with Crippen molar-refractivity contribution < 1.29 is 0 Å². The Kier molecular flexibility index (Phi) is 4.93. The van der Waals surface area contributed by atoms with Gasteiger partial charge in [0, 0.05) is 20.6 Å². The van der Waals surface area contributed by atoms with E-state index in [1.807, 2.05) is 0 Å². The van der Waals surface area contributed by atoms with Gasteiger partial charge >= 0.3 is 0 Å². The third kappa shape index (κ3) is 3.12. The van der Waals surface area contributed by atoms with Gasteiger partial charge in [-0.1, -0.05) is 20.8 Å². The lowest BCUT2D eigenvalue weighted by Crippen LogP contribution is -2.40. The molecule has 0 heterocycles. The zero-order valence-corrected chi connectivity index (χ0v) is 12.0. The Balaban J connectivity index is 2.44. The summed E-state index contributed by atoms with van der Waals surface area (Å²) in [6.07, 6.45) is 2.16. The second-order valence-electron chi connectivity index (χ2n) is 5.57. The minimum atomic E-state index is -0.379. The van der Waals surface area contributed by atoms with E-state index < -0.39 is 0 Å². The van der Waals surface area contributed by atoms with Crippen molar-refractivity contribution in [2.45, 2.75) is 33.6 Å². The maximum Gasteiger partial charge on any atom is 0.253 e. The SMILES string of the molecule is CC(C)C(C)CCCNc1c(N(C)C)c(=O)c1=O. The van der Waals surface area contributed by atoms with Crippen molar-refractivity contribution in [3.05, 3.63) is 20.4 Å². The van der Waals surface area contributed by atoms with Crippen LogP contribution >= 0.6 is 0 Å². The van der Waals surface area contributed by atoms with Crippen molar-refractivity contribution in [2.24, 2.45) is 11.8 Å². The quantitative estimate of drug-likeness (QED) is 0.594. The van der Waals surface area contributed by atoms with Crippen LogP contribution in [-0.2, 0) is 0 Å². The molecule has 0 bridgehead atoms. The molecular weight excluding hydrogens is 228 g/mol. The molecule has 0 amide bonds. The van der Waals surface area contributed by atoms with Gasteiger partial charge in [0.2, 0.25) is 0 Å². The average Bonchev–Trinajstić information content (AvgIpc) is 2.30. The molecule has 0 aliphatic carbocycles. The number of hydrogen-bond acceptors (Lipinski definition) is 4. The Bertz CT molecular complexity index is 456. The normalized spacial score (nSPS) is 13.0. The lowest BCUT2D eigenvalue weighted by molar-refractivity contribution is 0.386. The summed E-state index contributed by atoms with van der Waals surface area (Å²) in [6.45, 7) is 7.44. The molecule has 1 N–H and O–H groups in total. The molecule has 1 atom stereocenters. The minimum absolute atomic E-state index is 0.377. The molecular formula is C14H24N2O2. The fraction of sp³-hybridized carbons (Fsp3) is 0.714. The first-order valence-electron chi connectivity index (χ1n) is 6.60. The fourth-order valence-corrected chi connectivity index (χ4v) is 1.94. The molecule has 4 heteroatoms. The van der Waals surface area contributed by atoms with Gasteiger partial charge in [0.1, 0.15) is 11.4 Å². The Morgan fingerprint density at radius 1 is 1.11 bits per heavy atom. The second kappa shape index (κ2) is 6.03. The third-order valence-electron chi connectivity index (χ3n) is 3.61. The highest BCUT2D eigenvalue weighted by Gasteiger charge is 2.21. The van der Waals surface area contributed by atoms with Gasteiger partial charge in [-0.25, -0.2) is 0 Å². The number of nitrogens with one attached hydrogen (secondary N) is 1. The van der Waals surface area contributed by atoms with E-state index in [0.717, 1.165) is 19.4 Å². The van der Waals surface area contributed by atoms with E-state index in [0.29, 0.717) is 23.2 Å². The maximum absolute atomic E-state index is 11.4. The molecule has 4 nitrogen and oxygen atoms in total. The lowest BCUT2D eigenvalue weighted by Gasteiger charge is -2.20. The topological polar surface area (TPSA) is 49.4 Å². The molecule has 0 fully saturated rings. The van der Waals surface area contributed by atoms with Gasteiger partial charge in [0.15, 0.2) is 0 Å². The zero-order chi connectivity index (χ0) is 13.9. The summed E-state index contributed by atoms with van der Waals surface area (Å²) >= 11 is 0. The van der Waals surface area contributed by atoms with Gasteiger partial charge in [0.25, 0.3) is 10.9 Å². The molecule has 102 valence electrons. The lowest BCUT2D eigenvalue weighted by atomic mass is 9.93. The van der Waals surface area contributed by atoms with E-state index in [1.165, 1.54) is 0 Å². The van der Waals surface area contributed by atoms with Crippen LogP contribution in [0.3, 0.4) is 0 Å². The maximum atomic E-state index is 11.4. The third-order valence-corrected chi connectivity index (χ3v) is 3.61. The highest BCUT2D eigenvalue weighted by atomic mass is 16.2. The molecule has 0 saturated carbocycles. The molecule has 1 rings (SSSR count). The van der Waals surface area contributed by atoms with Gasteiger partial charge in [-0.15, -0.1) is 0 Å². The first-order chi connectivity index (χ1) is 8.36. The van der Waals surface area contributed by atoms with Gasteiger partial charge in [-0.05, 0) is 24.7 Å².